The van der Waals surface area contributed by atoms with Gasteiger partial charge in [-0.15, -0.1) is 0 Å². The smallest absolute Gasteiger partial charge is 0.241 e. The number of hydrogen-bond donors (Lipinski definition) is 2. The van der Waals surface area contributed by atoms with E-state index in [0.29, 0.717) is 10.6 Å². The van der Waals surface area contributed by atoms with Crippen molar-refractivity contribution in [3.8, 4) is 0 Å². The molecule has 1 fully saturated rings. The second-order valence-electron chi connectivity index (χ2n) is 4.93. The number of benzene rings is 1. The van der Waals surface area contributed by atoms with E-state index < -0.39 is 10.0 Å². The van der Waals surface area contributed by atoms with Crippen molar-refractivity contribution in [2.45, 2.75) is 37.2 Å². The third-order valence-electron chi connectivity index (χ3n) is 3.42. The molecular weight excluding hydrogens is 316 g/mol. The summed E-state index contributed by atoms with van der Waals surface area (Å²) in [6.45, 7) is 2.04. The Bertz CT molecular complexity index is 584. The van der Waals surface area contributed by atoms with Crippen LogP contribution < -0.4 is 10.5 Å². The molecule has 0 radical (unpaired) electrons. The first-order valence-electron chi connectivity index (χ1n) is 6.53. The van der Waals surface area contributed by atoms with Crippen LogP contribution in [0, 0.1) is 6.92 Å². The van der Waals surface area contributed by atoms with Crippen molar-refractivity contribution in [3.63, 3.8) is 0 Å². The summed E-state index contributed by atoms with van der Waals surface area (Å²) in [5, 5.41) is 0.398. The zero-order valence-electron chi connectivity index (χ0n) is 11.4. The van der Waals surface area contributed by atoms with Crippen molar-refractivity contribution in [1.82, 2.24) is 4.72 Å². The van der Waals surface area contributed by atoms with E-state index in [-0.39, 0.29) is 17.5 Å². The summed E-state index contributed by atoms with van der Waals surface area (Å²) in [7, 11) is -3.55. The third kappa shape index (κ3) is 3.68. The summed E-state index contributed by atoms with van der Waals surface area (Å²) >= 11 is 7.78. The molecule has 0 bridgehead atoms. The lowest BCUT2D eigenvalue weighted by molar-refractivity contribution is 0.542. The van der Waals surface area contributed by atoms with E-state index in [9.17, 15) is 8.42 Å². The van der Waals surface area contributed by atoms with Gasteiger partial charge in [-0.3, -0.25) is 0 Å². The molecule has 0 aromatic heterocycles. The molecule has 7 heteroatoms. The molecule has 1 unspecified atom stereocenters. The topological polar surface area (TPSA) is 72.2 Å². The van der Waals surface area contributed by atoms with Crippen LogP contribution in [-0.4, -0.2) is 26.0 Å². The second-order valence-corrected chi connectivity index (χ2v) is 8.20. The molecule has 1 aliphatic rings. The lowest BCUT2D eigenvalue weighted by atomic mass is 10.1. The van der Waals surface area contributed by atoms with E-state index in [2.05, 4.69) is 4.72 Å². The Kier molecular flexibility index (Phi) is 5.36. The summed E-state index contributed by atoms with van der Waals surface area (Å²) < 4.78 is 27.8. The van der Waals surface area contributed by atoms with E-state index in [1.165, 1.54) is 6.07 Å². The number of sulfonamides is 1. The average Bonchev–Trinajstić information content (AvgIpc) is 2.41. The Morgan fingerprint density at radius 3 is 2.85 bits per heavy atom. The molecule has 112 valence electrons. The highest BCUT2D eigenvalue weighted by atomic mass is 35.5. The van der Waals surface area contributed by atoms with Gasteiger partial charge >= 0.3 is 0 Å². The zero-order valence-corrected chi connectivity index (χ0v) is 13.7. The molecule has 0 saturated carbocycles. The fourth-order valence-electron chi connectivity index (χ4n) is 2.32. The molecule has 1 aliphatic heterocycles. The van der Waals surface area contributed by atoms with Gasteiger partial charge in [0.15, 0.2) is 0 Å². The molecule has 1 saturated heterocycles. The van der Waals surface area contributed by atoms with Crippen LogP contribution in [0.15, 0.2) is 17.0 Å². The highest BCUT2D eigenvalue weighted by Gasteiger charge is 2.24. The van der Waals surface area contributed by atoms with Gasteiger partial charge in [-0.1, -0.05) is 11.6 Å². The Labute approximate surface area is 129 Å². The molecule has 0 aliphatic carbocycles. The van der Waals surface area contributed by atoms with Gasteiger partial charge in [0.25, 0.3) is 0 Å². The van der Waals surface area contributed by atoms with E-state index in [0.717, 1.165) is 29.9 Å². The predicted octanol–water partition coefficient (Wildman–Crippen LogP) is 2.28. The number of thioether (sulfide) groups is 1. The van der Waals surface area contributed by atoms with Crippen LogP contribution in [0.4, 0.5) is 0 Å². The molecule has 0 amide bonds. The van der Waals surface area contributed by atoms with Crippen molar-refractivity contribution in [2.24, 2.45) is 5.73 Å². The van der Waals surface area contributed by atoms with Gasteiger partial charge in [-0.2, -0.15) is 11.8 Å². The van der Waals surface area contributed by atoms with Crippen molar-refractivity contribution >= 4 is 33.4 Å². The first kappa shape index (κ1) is 16.1. The minimum Gasteiger partial charge on any atom is -0.326 e. The van der Waals surface area contributed by atoms with Gasteiger partial charge in [-0.05, 0) is 48.8 Å². The maximum absolute atomic E-state index is 12.5. The molecule has 1 atom stereocenters. The fourth-order valence-corrected chi connectivity index (χ4v) is 5.38. The fraction of sp³-hybridized carbons (Fsp3) is 0.538. The Balaban J connectivity index is 2.31. The third-order valence-corrected chi connectivity index (χ3v) is 6.50. The molecule has 1 aromatic rings. The van der Waals surface area contributed by atoms with Crippen molar-refractivity contribution in [1.29, 1.82) is 0 Å². The summed E-state index contributed by atoms with van der Waals surface area (Å²) in [5.41, 5.74) is 7.07. The number of hydrogen-bond acceptors (Lipinski definition) is 4. The molecule has 3 N–H and O–H groups in total. The zero-order chi connectivity index (χ0) is 14.8. The van der Waals surface area contributed by atoms with E-state index in [4.69, 9.17) is 17.3 Å². The summed E-state index contributed by atoms with van der Waals surface area (Å²) in [5.74, 6) is 1.92. The van der Waals surface area contributed by atoms with Gasteiger partial charge in [-0.25, -0.2) is 13.1 Å². The van der Waals surface area contributed by atoms with Crippen molar-refractivity contribution in [3.05, 3.63) is 28.3 Å². The molecule has 4 nitrogen and oxygen atoms in total. The van der Waals surface area contributed by atoms with Gasteiger partial charge in [0.2, 0.25) is 10.0 Å². The van der Waals surface area contributed by atoms with Gasteiger partial charge in [0.1, 0.15) is 0 Å². The minimum absolute atomic E-state index is 0.00143. The van der Waals surface area contributed by atoms with Crippen LogP contribution in [0.1, 0.15) is 24.0 Å². The first-order chi connectivity index (χ1) is 9.44. The lowest BCUT2D eigenvalue weighted by Crippen LogP contribution is -2.38. The number of halogens is 1. The highest BCUT2D eigenvalue weighted by molar-refractivity contribution is 7.99. The van der Waals surface area contributed by atoms with Crippen LogP contribution in [0.5, 0.6) is 0 Å². The number of nitrogens with one attached hydrogen (secondary N) is 1. The predicted molar refractivity (Wildman–Crippen MR) is 84.7 cm³/mol. The molecule has 1 heterocycles. The van der Waals surface area contributed by atoms with Crippen LogP contribution in [0.2, 0.25) is 5.02 Å². The SMILES string of the molecule is Cc1c(CN)cc(Cl)cc1S(=O)(=O)NC1CCCSC1. The monoisotopic (exact) mass is 334 g/mol. The number of rotatable bonds is 4. The average molecular weight is 335 g/mol. The normalized spacial score (nSPS) is 20.1. The van der Waals surface area contributed by atoms with Crippen LogP contribution in [0.3, 0.4) is 0 Å². The first-order valence-corrected chi connectivity index (χ1v) is 9.55. The summed E-state index contributed by atoms with van der Waals surface area (Å²) in [4.78, 5) is 0.237. The van der Waals surface area contributed by atoms with E-state index >= 15 is 0 Å². The van der Waals surface area contributed by atoms with Crippen molar-refractivity contribution < 1.29 is 8.42 Å². The maximum Gasteiger partial charge on any atom is 0.241 e. The maximum atomic E-state index is 12.5. The van der Waals surface area contributed by atoms with Crippen LogP contribution in [-0.2, 0) is 16.6 Å². The largest absolute Gasteiger partial charge is 0.326 e. The Hall–Kier alpha value is -0.270. The van der Waals surface area contributed by atoms with Gasteiger partial charge in [0.05, 0.1) is 4.90 Å². The summed E-state index contributed by atoms with van der Waals surface area (Å²) in [6, 6.07) is 3.21. The minimum atomic E-state index is -3.55. The molecule has 1 aromatic carbocycles. The highest BCUT2D eigenvalue weighted by Crippen LogP contribution is 2.25. The molecule has 0 spiro atoms. The second kappa shape index (κ2) is 6.66. The van der Waals surface area contributed by atoms with Gasteiger partial charge < -0.3 is 5.73 Å². The van der Waals surface area contributed by atoms with Crippen LogP contribution in [0.25, 0.3) is 0 Å². The lowest BCUT2D eigenvalue weighted by Gasteiger charge is -2.23. The summed E-state index contributed by atoms with van der Waals surface area (Å²) in [6.07, 6.45) is 1.93. The van der Waals surface area contributed by atoms with Gasteiger partial charge in [0, 0.05) is 23.4 Å². The number of nitrogens with two attached hydrogens (primary N) is 1. The van der Waals surface area contributed by atoms with Crippen LogP contribution >= 0.6 is 23.4 Å². The van der Waals surface area contributed by atoms with E-state index in [1.807, 2.05) is 0 Å². The molecular formula is C13H19ClN2O2S2. The standard InChI is InChI=1S/C13H19ClN2O2S2/c1-9-10(7-15)5-11(14)6-13(9)20(17,18)16-12-3-2-4-19-8-12/h5-6,12,16H,2-4,7-8,15H2,1H3. The molecule has 20 heavy (non-hydrogen) atoms. The quantitative estimate of drug-likeness (QED) is 0.886. The van der Waals surface area contributed by atoms with Crippen molar-refractivity contribution in [2.75, 3.05) is 11.5 Å². The Morgan fingerprint density at radius 2 is 2.25 bits per heavy atom. The molecule has 2 rings (SSSR count). The van der Waals surface area contributed by atoms with E-state index in [1.54, 1.807) is 24.8 Å². The Morgan fingerprint density at radius 1 is 1.50 bits per heavy atom.